The number of hydrogen-bond acceptors (Lipinski definition) is 5. The highest BCUT2D eigenvalue weighted by Crippen LogP contribution is 2.21. The van der Waals surface area contributed by atoms with E-state index in [9.17, 15) is 8.42 Å². The standard InChI is InChI=1S/C9H15N3O3S/c1-6(13)5-12-9-4-7(16(11,14)15)2-3-8(9)10/h2-4,6,12-13H,5,10H2,1H3,(H2,11,14,15). The average Bonchev–Trinajstić information content (AvgIpc) is 2.14. The van der Waals surface area contributed by atoms with Crippen LogP contribution in [-0.2, 0) is 10.0 Å². The number of anilines is 2. The molecule has 90 valence electrons. The Morgan fingerprint density at radius 3 is 2.62 bits per heavy atom. The van der Waals surface area contributed by atoms with Gasteiger partial charge in [0.2, 0.25) is 10.0 Å². The zero-order valence-electron chi connectivity index (χ0n) is 8.84. The van der Waals surface area contributed by atoms with E-state index in [0.717, 1.165) is 0 Å². The lowest BCUT2D eigenvalue weighted by Gasteiger charge is -2.11. The Kier molecular flexibility index (Phi) is 3.74. The molecule has 0 aliphatic carbocycles. The third kappa shape index (κ3) is 3.37. The van der Waals surface area contributed by atoms with Gasteiger partial charge in [0.1, 0.15) is 0 Å². The molecule has 0 spiro atoms. The van der Waals surface area contributed by atoms with Crippen molar-refractivity contribution in [2.24, 2.45) is 5.14 Å². The molecule has 0 bridgehead atoms. The Morgan fingerprint density at radius 2 is 2.12 bits per heavy atom. The van der Waals surface area contributed by atoms with E-state index >= 15 is 0 Å². The molecule has 0 saturated heterocycles. The first-order valence-corrected chi connectivity index (χ1v) is 6.19. The molecule has 0 fully saturated rings. The lowest BCUT2D eigenvalue weighted by atomic mass is 10.2. The molecule has 0 aliphatic rings. The highest BCUT2D eigenvalue weighted by atomic mass is 32.2. The molecule has 7 heteroatoms. The summed E-state index contributed by atoms with van der Waals surface area (Å²) in [5.74, 6) is 0. The fourth-order valence-electron chi connectivity index (χ4n) is 1.12. The molecule has 0 aliphatic heterocycles. The van der Waals surface area contributed by atoms with Gasteiger partial charge in [-0.1, -0.05) is 0 Å². The number of hydrogen-bond donors (Lipinski definition) is 4. The van der Waals surface area contributed by atoms with Crippen molar-refractivity contribution in [2.75, 3.05) is 17.6 Å². The van der Waals surface area contributed by atoms with Gasteiger partial charge in [-0.2, -0.15) is 0 Å². The van der Waals surface area contributed by atoms with Crippen LogP contribution in [0.25, 0.3) is 0 Å². The number of primary sulfonamides is 1. The van der Waals surface area contributed by atoms with Crippen LogP contribution >= 0.6 is 0 Å². The van der Waals surface area contributed by atoms with Crippen LogP contribution in [0, 0.1) is 0 Å². The van der Waals surface area contributed by atoms with Crippen LogP contribution < -0.4 is 16.2 Å². The van der Waals surface area contributed by atoms with Crippen molar-refractivity contribution in [2.45, 2.75) is 17.9 Å². The molecule has 1 atom stereocenters. The van der Waals surface area contributed by atoms with Crippen molar-refractivity contribution in [1.82, 2.24) is 0 Å². The second kappa shape index (κ2) is 4.69. The molecule has 1 aromatic rings. The molecule has 6 nitrogen and oxygen atoms in total. The van der Waals surface area contributed by atoms with Crippen LogP contribution in [0.5, 0.6) is 0 Å². The Bertz CT molecular complexity index is 471. The predicted molar refractivity (Wildman–Crippen MR) is 62.4 cm³/mol. The SMILES string of the molecule is CC(O)CNc1cc(S(N)(=O)=O)ccc1N. The minimum absolute atomic E-state index is 0.0187. The molecule has 6 N–H and O–H groups in total. The van der Waals surface area contributed by atoms with Crippen molar-refractivity contribution in [3.8, 4) is 0 Å². The lowest BCUT2D eigenvalue weighted by Crippen LogP contribution is -2.17. The zero-order valence-corrected chi connectivity index (χ0v) is 9.66. The maximum atomic E-state index is 11.1. The number of sulfonamides is 1. The normalized spacial score (nSPS) is 13.4. The second-order valence-corrected chi connectivity index (χ2v) is 5.09. The highest BCUT2D eigenvalue weighted by molar-refractivity contribution is 7.89. The summed E-state index contributed by atoms with van der Waals surface area (Å²) in [6.45, 7) is 1.88. The Labute approximate surface area is 94.3 Å². The van der Waals surface area contributed by atoms with Crippen molar-refractivity contribution >= 4 is 21.4 Å². The monoisotopic (exact) mass is 245 g/mol. The van der Waals surface area contributed by atoms with Crippen LogP contribution in [0.15, 0.2) is 23.1 Å². The molecule has 0 radical (unpaired) electrons. The predicted octanol–water partition coefficient (Wildman–Crippen LogP) is -0.291. The van der Waals surface area contributed by atoms with E-state index in [4.69, 9.17) is 16.0 Å². The molecule has 0 saturated carbocycles. The molecule has 0 amide bonds. The number of aliphatic hydroxyl groups is 1. The van der Waals surface area contributed by atoms with Crippen molar-refractivity contribution < 1.29 is 13.5 Å². The van der Waals surface area contributed by atoms with Crippen LogP contribution in [0.4, 0.5) is 11.4 Å². The van der Waals surface area contributed by atoms with Gasteiger partial charge in [-0.15, -0.1) is 0 Å². The van der Waals surface area contributed by atoms with Gasteiger partial charge in [0.05, 0.1) is 22.4 Å². The molecule has 0 heterocycles. The van der Waals surface area contributed by atoms with E-state index in [1.165, 1.54) is 18.2 Å². The third-order valence-electron chi connectivity index (χ3n) is 1.94. The number of rotatable bonds is 4. The van der Waals surface area contributed by atoms with Crippen LogP contribution in [0.2, 0.25) is 0 Å². The Hall–Kier alpha value is -1.31. The van der Waals surface area contributed by atoms with Crippen LogP contribution in [0.1, 0.15) is 6.92 Å². The van der Waals surface area contributed by atoms with Gasteiger partial charge in [-0.05, 0) is 25.1 Å². The van der Waals surface area contributed by atoms with Gasteiger partial charge < -0.3 is 16.2 Å². The van der Waals surface area contributed by atoms with E-state index in [-0.39, 0.29) is 11.4 Å². The largest absolute Gasteiger partial charge is 0.397 e. The van der Waals surface area contributed by atoms with E-state index in [1.807, 2.05) is 0 Å². The average molecular weight is 245 g/mol. The fraction of sp³-hybridized carbons (Fsp3) is 0.333. The quantitative estimate of drug-likeness (QED) is 0.543. The smallest absolute Gasteiger partial charge is 0.238 e. The zero-order chi connectivity index (χ0) is 12.3. The summed E-state index contributed by atoms with van der Waals surface area (Å²) < 4.78 is 22.2. The summed E-state index contributed by atoms with van der Waals surface area (Å²) >= 11 is 0. The second-order valence-electron chi connectivity index (χ2n) is 3.52. The van der Waals surface area contributed by atoms with Gasteiger partial charge in [0, 0.05) is 6.54 Å². The Morgan fingerprint density at radius 1 is 1.50 bits per heavy atom. The fourth-order valence-corrected chi connectivity index (χ4v) is 1.66. The molecule has 0 aromatic heterocycles. The van der Waals surface area contributed by atoms with Gasteiger partial charge >= 0.3 is 0 Å². The minimum atomic E-state index is -3.74. The van der Waals surface area contributed by atoms with E-state index in [1.54, 1.807) is 6.92 Å². The number of nitrogen functional groups attached to an aromatic ring is 1. The number of nitrogens with one attached hydrogen (secondary N) is 1. The van der Waals surface area contributed by atoms with Crippen molar-refractivity contribution in [3.63, 3.8) is 0 Å². The summed E-state index contributed by atoms with van der Waals surface area (Å²) in [5.41, 5.74) is 6.47. The van der Waals surface area contributed by atoms with Gasteiger partial charge in [-0.25, -0.2) is 13.6 Å². The maximum Gasteiger partial charge on any atom is 0.238 e. The number of nitrogens with two attached hydrogens (primary N) is 2. The summed E-state index contributed by atoms with van der Waals surface area (Å²) in [4.78, 5) is -0.0187. The first kappa shape index (κ1) is 12.8. The molecule has 1 unspecified atom stereocenters. The summed E-state index contributed by atoms with van der Waals surface area (Å²) in [7, 11) is -3.74. The highest BCUT2D eigenvalue weighted by Gasteiger charge is 2.10. The van der Waals surface area contributed by atoms with Gasteiger partial charge in [0.25, 0.3) is 0 Å². The van der Waals surface area contributed by atoms with E-state index in [0.29, 0.717) is 11.4 Å². The van der Waals surface area contributed by atoms with E-state index < -0.39 is 16.1 Å². The minimum Gasteiger partial charge on any atom is -0.397 e. The summed E-state index contributed by atoms with van der Waals surface area (Å²) in [6.07, 6.45) is -0.558. The third-order valence-corrected chi connectivity index (χ3v) is 2.85. The molecule has 1 aromatic carbocycles. The van der Waals surface area contributed by atoms with Crippen molar-refractivity contribution in [1.29, 1.82) is 0 Å². The molecular formula is C9H15N3O3S. The van der Waals surface area contributed by atoms with E-state index in [2.05, 4.69) is 5.32 Å². The number of benzene rings is 1. The lowest BCUT2D eigenvalue weighted by molar-refractivity contribution is 0.208. The number of aliphatic hydroxyl groups excluding tert-OH is 1. The molecule has 16 heavy (non-hydrogen) atoms. The maximum absolute atomic E-state index is 11.1. The summed E-state index contributed by atoms with van der Waals surface area (Å²) in [5, 5.41) is 16.9. The topological polar surface area (TPSA) is 118 Å². The first-order chi connectivity index (χ1) is 7.30. The summed E-state index contributed by atoms with van der Waals surface area (Å²) in [6, 6.07) is 4.12. The molecule has 1 rings (SSSR count). The van der Waals surface area contributed by atoms with Crippen LogP contribution in [0.3, 0.4) is 0 Å². The van der Waals surface area contributed by atoms with Crippen molar-refractivity contribution in [3.05, 3.63) is 18.2 Å². The Balaban J connectivity index is 3.00. The molecular weight excluding hydrogens is 230 g/mol. The first-order valence-electron chi connectivity index (χ1n) is 4.65. The van der Waals surface area contributed by atoms with Crippen LogP contribution in [-0.4, -0.2) is 26.2 Å². The van der Waals surface area contributed by atoms with Gasteiger partial charge in [0.15, 0.2) is 0 Å². The van der Waals surface area contributed by atoms with Gasteiger partial charge in [-0.3, -0.25) is 0 Å².